The number of anilines is 1. The van der Waals surface area contributed by atoms with Gasteiger partial charge in [-0.1, -0.05) is 18.2 Å². The van der Waals surface area contributed by atoms with Crippen molar-refractivity contribution in [3.63, 3.8) is 0 Å². The Bertz CT molecular complexity index is 700. The van der Waals surface area contributed by atoms with E-state index >= 15 is 0 Å². The van der Waals surface area contributed by atoms with Crippen LogP contribution < -0.4 is 15.6 Å². The summed E-state index contributed by atoms with van der Waals surface area (Å²) in [5.41, 5.74) is 5.59. The molecule has 0 atom stereocenters. The van der Waals surface area contributed by atoms with Crippen LogP contribution in [-0.2, 0) is 0 Å². The molecule has 4 aliphatic carbocycles. The summed E-state index contributed by atoms with van der Waals surface area (Å²) in [6.07, 6.45) is 13.9. The summed E-state index contributed by atoms with van der Waals surface area (Å²) >= 11 is 5.51. The van der Waals surface area contributed by atoms with Gasteiger partial charge in [0.1, 0.15) is 0 Å². The SMILES string of the molecule is CN(C)c1ccc(/C=C/C=N\NC(=S)NC23CC4CC(CC(C4)C2)C3)cc1. The van der Waals surface area contributed by atoms with E-state index < -0.39 is 0 Å². The third-order valence-electron chi connectivity index (χ3n) is 6.44. The van der Waals surface area contributed by atoms with Crippen LogP contribution in [0.5, 0.6) is 0 Å². The standard InChI is InChI=1S/C22H30N4S/c1-26(2)20-7-5-16(6-8-20)4-3-9-23-25-21(27)24-22-13-17-10-18(14-22)12-19(11-17)15-22/h3-9,17-19H,10-15H2,1-2H3,(H2,24,25,27)/b4-3+,23-9-. The van der Waals surface area contributed by atoms with Gasteiger partial charge < -0.3 is 10.2 Å². The van der Waals surface area contributed by atoms with E-state index in [9.17, 15) is 0 Å². The van der Waals surface area contributed by atoms with Crippen molar-refractivity contribution in [3.05, 3.63) is 35.9 Å². The second kappa shape index (κ2) is 7.63. The van der Waals surface area contributed by atoms with E-state index in [1.807, 2.05) is 26.2 Å². The molecule has 4 fully saturated rings. The quantitative estimate of drug-likeness (QED) is 0.455. The molecule has 0 heterocycles. The van der Waals surface area contributed by atoms with Crippen molar-refractivity contribution in [2.75, 3.05) is 19.0 Å². The Morgan fingerprint density at radius 3 is 2.22 bits per heavy atom. The van der Waals surface area contributed by atoms with Crippen molar-refractivity contribution in [2.45, 2.75) is 44.1 Å². The number of hydrazone groups is 1. The first-order valence-corrected chi connectivity index (χ1v) is 10.5. The Hall–Kier alpha value is -1.88. The Balaban J connectivity index is 1.25. The highest BCUT2D eigenvalue weighted by Crippen LogP contribution is 2.55. The van der Waals surface area contributed by atoms with Crippen LogP contribution in [0.1, 0.15) is 44.1 Å². The zero-order chi connectivity index (χ0) is 18.9. The maximum atomic E-state index is 5.51. The van der Waals surface area contributed by atoms with Crippen molar-refractivity contribution in [1.29, 1.82) is 0 Å². The first kappa shape index (κ1) is 18.5. The fraction of sp³-hybridized carbons (Fsp3) is 0.545. The molecule has 0 saturated heterocycles. The molecule has 2 N–H and O–H groups in total. The van der Waals surface area contributed by atoms with Crippen LogP contribution in [0.3, 0.4) is 0 Å². The van der Waals surface area contributed by atoms with Crippen molar-refractivity contribution in [2.24, 2.45) is 22.9 Å². The van der Waals surface area contributed by atoms with Gasteiger partial charge in [0.2, 0.25) is 0 Å². The zero-order valence-corrected chi connectivity index (χ0v) is 17.1. The van der Waals surface area contributed by atoms with Gasteiger partial charge in [-0.2, -0.15) is 5.10 Å². The predicted molar refractivity (Wildman–Crippen MR) is 118 cm³/mol. The summed E-state index contributed by atoms with van der Waals surface area (Å²) in [5, 5.41) is 8.55. The summed E-state index contributed by atoms with van der Waals surface area (Å²) in [5.74, 6) is 2.74. The Labute approximate surface area is 168 Å². The number of nitrogens with one attached hydrogen (secondary N) is 2. The molecule has 144 valence electrons. The molecular weight excluding hydrogens is 352 g/mol. The van der Waals surface area contributed by atoms with Gasteiger partial charge in [-0.25, -0.2) is 0 Å². The number of hydrogen-bond acceptors (Lipinski definition) is 3. The van der Waals surface area contributed by atoms with Crippen LogP contribution in [0.4, 0.5) is 5.69 Å². The fourth-order valence-electron chi connectivity index (χ4n) is 5.71. The monoisotopic (exact) mass is 382 g/mol. The molecule has 1 aromatic carbocycles. The first-order chi connectivity index (χ1) is 13.0. The van der Waals surface area contributed by atoms with E-state index in [2.05, 4.69) is 45.0 Å². The lowest BCUT2D eigenvalue weighted by Crippen LogP contribution is -2.61. The number of nitrogens with zero attached hydrogens (tertiary/aromatic N) is 2. The molecule has 27 heavy (non-hydrogen) atoms. The van der Waals surface area contributed by atoms with Crippen molar-refractivity contribution < 1.29 is 0 Å². The normalized spacial score (nSPS) is 31.6. The third-order valence-corrected chi connectivity index (χ3v) is 6.64. The molecule has 4 saturated carbocycles. The van der Waals surface area contributed by atoms with E-state index in [4.69, 9.17) is 12.2 Å². The Kier molecular flexibility index (Phi) is 5.22. The van der Waals surface area contributed by atoms with Crippen molar-refractivity contribution in [3.8, 4) is 0 Å². The minimum absolute atomic E-state index is 0.235. The first-order valence-electron chi connectivity index (χ1n) is 10.1. The predicted octanol–water partition coefficient (Wildman–Crippen LogP) is 4.18. The highest BCUT2D eigenvalue weighted by atomic mass is 32.1. The summed E-state index contributed by atoms with van der Waals surface area (Å²) < 4.78 is 0. The number of allylic oxidation sites excluding steroid dienone is 1. The molecule has 4 aliphatic rings. The number of hydrogen-bond donors (Lipinski definition) is 2. The average molecular weight is 383 g/mol. The lowest BCUT2D eigenvalue weighted by molar-refractivity contribution is -0.0101. The van der Waals surface area contributed by atoms with Crippen LogP contribution in [0.15, 0.2) is 35.4 Å². The van der Waals surface area contributed by atoms with Gasteiger partial charge in [0.25, 0.3) is 0 Å². The molecule has 0 amide bonds. The van der Waals surface area contributed by atoms with Gasteiger partial charge in [0, 0.05) is 31.5 Å². The van der Waals surface area contributed by atoms with Crippen molar-refractivity contribution >= 4 is 35.3 Å². The Morgan fingerprint density at radius 2 is 1.67 bits per heavy atom. The van der Waals surface area contributed by atoms with Gasteiger partial charge in [0.15, 0.2) is 5.11 Å². The number of rotatable bonds is 5. The van der Waals surface area contributed by atoms with Crippen LogP contribution in [-0.4, -0.2) is 31.0 Å². The van der Waals surface area contributed by atoms with Gasteiger partial charge in [-0.05, 0) is 92.3 Å². The highest BCUT2D eigenvalue weighted by Gasteiger charge is 2.51. The molecule has 1 aromatic rings. The fourth-order valence-corrected chi connectivity index (χ4v) is 5.98. The largest absolute Gasteiger partial charge is 0.378 e. The number of thiocarbonyl (C=S) groups is 1. The molecule has 0 spiro atoms. The minimum Gasteiger partial charge on any atom is -0.378 e. The highest BCUT2D eigenvalue weighted by molar-refractivity contribution is 7.80. The lowest BCUT2D eigenvalue weighted by atomic mass is 9.53. The van der Waals surface area contributed by atoms with Crippen LogP contribution in [0.2, 0.25) is 0 Å². The topological polar surface area (TPSA) is 39.7 Å². The maximum absolute atomic E-state index is 5.51. The second-order valence-corrected chi connectivity index (χ2v) is 9.30. The molecule has 0 aliphatic heterocycles. The lowest BCUT2D eigenvalue weighted by Gasteiger charge is -2.57. The molecule has 4 bridgehead atoms. The summed E-state index contributed by atoms with van der Waals surface area (Å²) in [6.45, 7) is 0. The van der Waals surface area contributed by atoms with Crippen LogP contribution >= 0.6 is 12.2 Å². The van der Waals surface area contributed by atoms with E-state index in [1.54, 1.807) is 6.21 Å². The smallest absolute Gasteiger partial charge is 0.187 e. The molecule has 5 rings (SSSR count). The third kappa shape index (κ3) is 4.34. The number of benzene rings is 1. The van der Waals surface area contributed by atoms with Gasteiger partial charge >= 0.3 is 0 Å². The minimum atomic E-state index is 0.235. The summed E-state index contributed by atoms with van der Waals surface area (Å²) in [4.78, 5) is 2.09. The average Bonchev–Trinajstić information content (AvgIpc) is 2.60. The molecular formula is C22H30N4S. The van der Waals surface area contributed by atoms with E-state index in [0.717, 1.165) is 23.3 Å². The maximum Gasteiger partial charge on any atom is 0.187 e. The Morgan fingerprint density at radius 1 is 1.07 bits per heavy atom. The molecule has 4 nitrogen and oxygen atoms in total. The molecule has 5 heteroatoms. The van der Waals surface area contributed by atoms with Gasteiger partial charge in [-0.3, -0.25) is 5.43 Å². The van der Waals surface area contributed by atoms with Gasteiger partial charge in [-0.15, -0.1) is 0 Å². The van der Waals surface area contributed by atoms with E-state index in [1.165, 1.54) is 44.2 Å². The molecule has 0 unspecified atom stereocenters. The zero-order valence-electron chi connectivity index (χ0n) is 16.3. The van der Waals surface area contributed by atoms with Crippen LogP contribution in [0, 0.1) is 17.8 Å². The molecule has 0 radical (unpaired) electrons. The van der Waals surface area contributed by atoms with Crippen molar-refractivity contribution in [1.82, 2.24) is 10.7 Å². The van der Waals surface area contributed by atoms with Gasteiger partial charge in [0.05, 0.1) is 0 Å². The van der Waals surface area contributed by atoms with E-state index in [-0.39, 0.29) is 5.54 Å². The second-order valence-electron chi connectivity index (χ2n) is 8.89. The van der Waals surface area contributed by atoms with E-state index in [0.29, 0.717) is 5.11 Å². The summed E-state index contributed by atoms with van der Waals surface area (Å²) in [7, 11) is 4.09. The van der Waals surface area contributed by atoms with Crippen LogP contribution in [0.25, 0.3) is 6.08 Å². The summed E-state index contributed by atoms with van der Waals surface area (Å²) in [6, 6.07) is 8.43. The molecule has 0 aromatic heterocycles.